The van der Waals surface area contributed by atoms with Crippen LogP contribution in [0, 0.1) is 5.82 Å². The van der Waals surface area contributed by atoms with Gasteiger partial charge in [-0.05, 0) is 81.8 Å². The lowest BCUT2D eigenvalue weighted by molar-refractivity contribution is -0.115. The number of carbonyl (C=O) groups excluding carboxylic acids is 1. The summed E-state index contributed by atoms with van der Waals surface area (Å²) in [5.41, 5.74) is 2.29. The van der Waals surface area contributed by atoms with E-state index < -0.39 is 0 Å². The number of halogens is 3. The van der Waals surface area contributed by atoms with Crippen LogP contribution >= 0.6 is 39.3 Å². The molecule has 1 N–H and O–H groups in total. The monoisotopic (exact) mass is 516 g/mol. The highest BCUT2D eigenvalue weighted by molar-refractivity contribution is 9.10. The fourth-order valence-electron chi connectivity index (χ4n) is 2.76. The molecule has 1 amide bonds. The number of ether oxygens (including phenoxy) is 1. The van der Waals surface area contributed by atoms with Crippen LogP contribution in [0.4, 0.5) is 10.1 Å². The van der Waals surface area contributed by atoms with Crippen molar-refractivity contribution in [3.8, 4) is 5.75 Å². The van der Waals surface area contributed by atoms with Crippen LogP contribution in [-0.4, -0.2) is 11.1 Å². The lowest BCUT2D eigenvalue weighted by Gasteiger charge is -2.10. The molecule has 0 aromatic heterocycles. The molecule has 4 rings (SSSR count). The zero-order valence-electron chi connectivity index (χ0n) is 15.9. The molecule has 1 saturated heterocycles. The summed E-state index contributed by atoms with van der Waals surface area (Å²) in [6.07, 6.45) is 1.77. The molecular weight excluding hydrogens is 503 g/mol. The van der Waals surface area contributed by atoms with Gasteiger partial charge in [0.1, 0.15) is 18.2 Å². The van der Waals surface area contributed by atoms with Crippen molar-refractivity contribution in [2.24, 2.45) is 4.99 Å². The summed E-state index contributed by atoms with van der Waals surface area (Å²) >= 11 is 10.9. The van der Waals surface area contributed by atoms with E-state index in [0.29, 0.717) is 33.1 Å². The number of amides is 1. The van der Waals surface area contributed by atoms with E-state index in [9.17, 15) is 9.18 Å². The minimum absolute atomic E-state index is 0.235. The van der Waals surface area contributed by atoms with Gasteiger partial charge < -0.3 is 10.1 Å². The lowest BCUT2D eigenvalue weighted by atomic mass is 10.2. The predicted molar refractivity (Wildman–Crippen MR) is 127 cm³/mol. The molecule has 0 atom stereocenters. The molecule has 0 bridgehead atoms. The molecule has 1 aliphatic heterocycles. The first-order chi connectivity index (χ1) is 15.0. The summed E-state index contributed by atoms with van der Waals surface area (Å²) in [6.45, 7) is 0.347. The molecule has 156 valence electrons. The SMILES string of the molecule is O=C1NC(=Nc2ccc(F)cc2)S/C1=C/c1ccc(OCc2ccccc2Cl)c(Br)c1. The van der Waals surface area contributed by atoms with Gasteiger partial charge in [0.25, 0.3) is 5.91 Å². The van der Waals surface area contributed by atoms with Crippen molar-refractivity contribution in [1.82, 2.24) is 5.32 Å². The van der Waals surface area contributed by atoms with Gasteiger partial charge in [-0.3, -0.25) is 4.79 Å². The molecule has 31 heavy (non-hydrogen) atoms. The van der Waals surface area contributed by atoms with E-state index in [1.54, 1.807) is 18.2 Å². The number of rotatable bonds is 5. The van der Waals surface area contributed by atoms with Crippen molar-refractivity contribution in [2.45, 2.75) is 6.61 Å². The second kappa shape index (κ2) is 9.68. The maximum atomic E-state index is 13.0. The van der Waals surface area contributed by atoms with Gasteiger partial charge in [-0.2, -0.15) is 0 Å². The summed E-state index contributed by atoms with van der Waals surface area (Å²) in [6, 6.07) is 18.8. The Labute approximate surface area is 196 Å². The molecule has 1 heterocycles. The Balaban J connectivity index is 1.46. The molecule has 0 saturated carbocycles. The Morgan fingerprint density at radius 2 is 1.90 bits per heavy atom. The van der Waals surface area contributed by atoms with Gasteiger partial charge in [-0.15, -0.1) is 0 Å². The van der Waals surface area contributed by atoms with Gasteiger partial charge in [-0.25, -0.2) is 9.38 Å². The van der Waals surface area contributed by atoms with Crippen LogP contribution < -0.4 is 10.1 Å². The Morgan fingerprint density at radius 3 is 2.65 bits per heavy atom. The second-order valence-corrected chi connectivity index (χ2v) is 8.82. The Morgan fingerprint density at radius 1 is 1.13 bits per heavy atom. The molecule has 1 aliphatic rings. The zero-order valence-corrected chi connectivity index (χ0v) is 19.1. The number of hydrogen-bond donors (Lipinski definition) is 1. The third-order valence-electron chi connectivity index (χ3n) is 4.30. The molecular formula is C23H15BrClFN2O2S. The molecule has 0 aliphatic carbocycles. The summed E-state index contributed by atoms with van der Waals surface area (Å²) in [4.78, 5) is 17.1. The molecule has 4 nitrogen and oxygen atoms in total. The van der Waals surface area contributed by atoms with Crippen LogP contribution in [0.15, 0.2) is 81.1 Å². The van der Waals surface area contributed by atoms with Gasteiger partial charge in [0.05, 0.1) is 15.1 Å². The van der Waals surface area contributed by atoms with Crippen molar-refractivity contribution >= 4 is 62.1 Å². The third-order valence-corrected chi connectivity index (χ3v) is 6.20. The van der Waals surface area contributed by atoms with Gasteiger partial charge >= 0.3 is 0 Å². The Bertz CT molecular complexity index is 1200. The average molecular weight is 518 g/mol. The van der Waals surface area contributed by atoms with Crippen molar-refractivity contribution in [2.75, 3.05) is 0 Å². The van der Waals surface area contributed by atoms with Crippen LogP contribution in [0.25, 0.3) is 6.08 Å². The van der Waals surface area contributed by atoms with Crippen molar-refractivity contribution in [3.63, 3.8) is 0 Å². The van der Waals surface area contributed by atoms with Crippen LogP contribution in [0.5, 0.6) is 5.75 Å². The first-order valence-corrected chi connectivity index (χ1v) is 11.2. The molecule has 3 aromatic rings. The highest BCUT2D eigenvalue weighted by atomic mass is 79.9. The van der Waals surface area contributed by atoms with Crippen LogP contribution in [0.1, 0.15) is 11.1 Å². The summed E-state index contributed by atoms with van der Waals surface area (Å²) < 4.78 is 19.6. The molecule has 0 spiro atoms. The first-order valence-electron chi connectivity index (χ1n) is 9.19. The van der Waals surface area contributed by atoms with Crippen LogP contribution in [0.2, 0.25) is 5.02 Å². The topological polar surface area (TPSA) is 50.7 Å². The second-order valence-electron chi connectivity index (χ2n) is 6.53. The van der Waals surface area contributed by atoms with Crippen molar-refractivity contribution in [1.29, 1.82) is 0 Å². The van der Waals surface area contributed by atoms with E-state index in [4.69, 9.17) is 16.3 Å². The predicted octanol–water partition coefficient (Wildman–Crippen LogP) is 6.71. The number of amidine groups is 1. The van der Waals surface area contributed by atoms with Crippen LogP contribution in [0.3, 0.4) is 0 Å². The lowest BCUT2D eigenvalue weighted by Crippen LogP contribution is -2.19. The number of thioether (sulfide) groups is 1. The molecule has 0 radical (unpaired) electrons. The quantitative estimate of drug-likeness (QED) is 0.383. The first kappa shape index (κ1) is 21.6. The number of benzene rings is 3. The number of aliphatic imine (C=N–C) groups is 1. The third kappa shape index (κ3) is 5.55. The number of carbonyl (C=O) groups is 1. The van der Waals surface area contributed by atoms with E-state index >= 15 is 0 Å². The Kier molecular flexibility index (Phi) is 6.75. The minimum atomic E-state index is -0.336. The largest absolute Gasteiger partial charge is 0.488 e. The average Bonchev–Trinajstić information content (AvgIpc) is 3.09. The van der Waals surface area contributed by atoms with Gasteiger partial charge in [0, 0.05) is 10.6 Å². The normalized spacial score (nSPS) is 16.0. The standard InChI is InChI=1S/C23H15BrClFN2O2S/c24-18-11-14(5-10-20(18)30-13-15-3-1-2-4-19(15)25)12-21-22(29)28-23(31-21)27-17-8-6-16(26)7-9-17/h1-12H,13H2,(H,27,28,29)/b21-12+. The fraction of sp³-hybridized carbons (Fsp3) is 0.0435. The van der Waals surface area contributed by atoms with Crippen molar-refractivity contribution < 1.29 is 13.9 Å². The molecule has 8 heteroatoms. The van der Waals surface area contributed by atoms with E-state index in [0.717, 1.165) is 15.6 Å². The fourth-order valence-corrected chi connectivity index (χ4v) is 4.30. The Hall–Kier alpha value is -2.61. The maximum Gasteiger partial charge on any atom is 0.264 e. The summed E-state index contributed by atoms with van der Waals surface area (Å²) in [7, 11) is 0. The number of hydrogen-bond acceptors (Lipinski definition) is 4. The van der Waals surface area contributed by atoms with Gasteiger partial charge in [0.2, 0.25) is 0 Å². The number of nitrogens with zero attached hydrogens (tertiary/aromatic N) is 1. The molecule has 1 fully saturated rings. The highest BCUT2D eigenvalue weighted by Gasteiger charge is 2.23. The summed E-state index contributed by atoms with van der Waals surface area (Å²) in [5, 5.41) is 3.82. The zero-order chi connectivity index (χ0) is 21.8. The van der Waals surface area contributed by atoms with E-state index in [2.05, 4.69) is 26.2 Å². The highest BCUT2D eigenvalue weighted by Crippen LogP contribution is 2.32. The van der Waals surface area contributed by atoms with E-state index in [-0.39, 0.29) is 11.7 Å². The van der Waals surface area contributed by atoms with Gasteiger partial charge in [0.15, 0.2) is 5.17 Å². The smallest absolute Gasteiger partial charge is 0.264 e. The summed E-state index contributed by atoms with van der Waals surface area (Å²) in [5.74, 6) is 0.0997. The van der Waals surface area contributed by atoms with E-state index in [1.165, 1.54) is 23.9 Å². The molecule has 3 aromatic carbocycles. The maximum absolute atomic E-state index is 13.0. The minimum Gasteiger partial charge on any atom is -0.488 e. The van der Waals surface area contributed by atoms with Gasteiger partial charge in [-0.1, -0.05) is 35.9 Å². The van der Waals surface area contributed by atoms with E-state index in [1.807, 2.05) is 42.5 Å². The molecule has 0 unspecified atom stereocenters. The number of nitrogens with one attached hydrogen (secondary N) is 1. The van der Waals surface area contributed by atoms with Crippen molar-refractivity contribution in [3.05, 3.63) is 98.1 Å². The van der Waals surface area contributed by atoms with Crippen LogP contribution in [-0.2, 0) is 11.4 Å².